The molecule has 0 unspecified atom stereocenters. The van der Waals surface area contributed by atoms with Gasteiger partial charge in [-0.3, -0.25) is 4.79 Å². The van der Waals surface area contributed by atoms with Crippen LogP contribution in [0.1, 0.15) is 51.8 Å². The summed E-state index contributed by atoms with van der Waals surface area (Å²) in [5.74, 6) is 0.412. The van der Waals surface area contributed by atoms with Crippen LogP contribution in [0.4, 0.5) is 0 Å². The minimum atomic E-state index is -0.902. The molecule has 0 amide bonds. The van der Waals surface area contributed by atoms with E-state index in [2.05, 4.69) is 29.4 Å². The number of carboxylic acids is 1. The van der Waals surface area contributed by atoms with Gasteiger partial charge >= 0.3 is 5.97 Å². The minimum Gasteiger partial charge on any atom is -0.480 e. The number of hydrogen-bond donors (Lipinski definition) is 1. The van der Waals surface area contributed by atoms with Crippen molar-refractivity contribution >= 4 is 5.97 Å². The Balaban J connectivity index is 2.31. The van der Waals surface area contributed by atoms with Crippen molar-refractivity contribution in [3.63, 3.8) is 0 Å². The molecule has 1 saturated carbocycles. The summed E-state index contributed by atoms with van der Waals surface area (Å²) < 4.78 is 1.45. The number of carboxylic acid groups (broad SMARTS) is 1. The van der Waals surface area contributed by atoms with Gasteiger partial charge in [-0.15, -0.1) is 5.10 Å². The fraction of sp³-hybridized carbons (Fsp3) is 0.833. The first-order valence-electron chi connectivity index (χ1n) is 6.52. The molecular weight excluding hydrogens is 232 g/mol. The first kappa shape index (κ1) is 13.0. The smallest absolute Gasteiger partial charge is 0.325 e. The van der Waals surface area contributed by atoms with Crippen molar-refractivity contribution in [3.8, 4) is 0 Å². The largest absolute Gasteiger partial charge is 0.480 e. The topological polar surface area (TPSA) is 80.9 Å². The van der Waals surface area contributed by atoms with Crippen molar-refractivity contribution in [1.82, 2.24) is 20.2 Å². The zero-order valence-corrected chi connectivity index (χ0v) is 11.0. The highest BCUT2D eigenvalue weighted by Gasteiger charge is 2.40. The van der Waals surface area contributed by atoms with Gasteiger partial charge < -0.3 is 5.11 Å². The molecule has 1 heterocycles. The van der Waals surface area contributed by atoms with Gasteiger partial charge in [-0.1, -0.05) is 26.7 Å². The van der Waals surface area contributed by atoms with Crippen molar-refractivity contribution in [2.24, 2.45) is 5.92 Å². The van der Waals surface area contributed by atoms with Gasteiger partial charge in [-0.25, -0.2) is 4.68 Å². The Morgan fingerprint density at radius 2 is 2.11 bits per heavy atom. The molecule has 2 rings (SSSR count). The van der Waals surface area contributed by atoms with Gasteiger partial charge in [0, 0.05) is 5.41 Å². The molecule has 1 fully saturated rings. The average molecular weight is 252 g/mol. The third-order valence-corrected chi connectivity index (χ3v) is 3.65. The molecule has 1 aliphatic rings. The second-order valence-corrected chi connectivity index (χ2v) is 5.64. The fourth-order valence-electron chi connectivity index (χ4n) is 3.17. The number of nitrogens with zero attached hydrogens (tertiary/aromatic N) is 4. The van der Waals surface area contributed by atoms with E-state index in [9.17, 15) is 4.79 Å². The zero-order chi connectivity index (χ0) is 13.2. The molecule has 1 aromatic rings. The van der Waals surface area contributed by atoms with Crippen molar-refractivity contribution in [2.75, 3.05) is 0 Å². The van der Waals surface area contributed by atoms with Crippen LogP contribution >= 0.6 is 0 Å². The van der Waals surface area contributed by atoms with Crippen molar-refractivity contribution < 1.29 is 9.90 Å². The van der Waals surface area contributed by atoms with Crippen molar-refractivity contribution in [3.05, 3.63) is 5.82 Å². The highest BCUT2D eigenvalue weighted by atomic mass is 16.4. The van der Waals surface area contributed by atoms with Gasteiger partial charge in [0.2, 0.25) is 0 Å². The first-order valence-corrected chi connectivity index (χ1v) is 6.52. The van der Waals surface area contributed by atoms with Crippen LogP contribution in [0.5, 0.6) is 0 Å². The molecular formula is C12H20N4O2. The van der Waals surface area contributed by atoms with Gasteiger partial charge in [0.05, 0.1) is 0 Å². The quantitative estimate of drug-likeness (QED) is 0.861. The Hall–Kier alpha value is -1.46. The van der Waals surface area contributed by atoms with Gasteiger partial charge in [-0.05, 0) is 35.6 Å². The summed E-state index contributed by atoms with van der Waals surface area (Å²) in [6.07, 6.45) is 5.49. The fourth-order valence-corrected chi connectivity index (χ4v) is 3.17. The predicted octanol–water partition coefficient (Wildman–Crippen LogP) is 1.62. The standard InChI is InChI=1S/C12H20N4O2/c1-9(2)7-12(5-3-4-6-12)11-13-14-15-16(11)8-10(17)18/h9H,3-8H2,1-2H3,(H,17,18). The lowest BCUT2D eigenvalue weighted by molar-refractivity contribution is -0.138. The van der Waals surface area contributed by atoms with Crippen molar-refractivity contribution in [2.45, 2.75) is 57.9 Å². The summed E-state index contributed by atoms with van der Waals surface area (Å²) in [7, 11) is 0. The van der Waals surface area contributed by atoms with E-state index in [1.165, 1.54) is 17.5 Å². The van der Waals surface area contributed by atoms with E-state index in [0.29, 0.717) is 5.92 Å². The third-order valence-electron chi connectivity index (χ3n) is 3.65. The molecule has 0 radical (unpaired) electrons. The van der Waals surface area contributed by atoms with E-state index < -0.39 is 5.97 Å². The maximum absolute atomic E-state index is 10.8. The number of hydrogen-bond acceptors (Lipinski definition) is 4. The lowest BCUT2D eigenvalue weighted by Crippen LogP contribution is -2.30. The van der Waals surface area contributed by atoms with Crippen LogP contribution in [0.25, 0.3) is 0 Å². The third kappa shape index (κ3) is 2.52. The molecule has 1 aliphatic carbocycles. The average Bonchev–Trinajstić information content (AvgIpc) is 2.85. The molecule has 0 spiro atoms. The van der Waals surface area contributed by atoms with Gasteiger partial charge in [0.25, 0.3) is 0 Å². The summed E-state index contributed by atoms with van der Waals surface area (Å²) in [5.41, 5.74) is -0.0207. The second-order valence-electron chi connectivity index (χ2n) is 5.64. The van der Waals surface area contributed by atoms with Crippen LogP contribution in [-0.2, 0) is 16.8 Å². The van der Waals surface area contributed by atoms with Crippen LogP contribution in [-0.4, -0.2) is 31.3 Å². The summed E-state index contributed by atoms with van der Waals surface area (Å²) >= 11 is 0. The molecule has 0 aliphatic heterocycles. The minimum absolute atomic E-state index is 0.0207. The summed E-state index contributed by atoms with van der Waals surface area (Å²) in [6.45, 7) is 4.22. The molecule has 18 heavy (non-hydrogen) atoms. The maximum atomic E-state index is 10.8. The molecule has 6 nitrogen and oxygen atoms in total. The summed E-state index contributed by atoms with van der Waals surface area (Å²) in [5, 5.41) is 20.5. The predicted molar refractivity (Wildman–Crippen MR) is 65.1 cm³/mol. The summed E-state index contributed by atoms with van der Waals surface area (Å²) in [4.78, 5) is 10.8. The highest BCUT2D eigenvalue weighted by Crippen LogP contribution is 2.44. The second kappa shape index (κ2) is 5.04. The molecule has 0 saturated heterocycles. The molecule has 1 N–H and O–H groups in total. The van der Waals surface area contributed by atoms with E-state index >= 15 is 0 Å². The van der Waals surface area contributed by atoms with E-state index in [1.54, 1.807) is 0 Å². The molecule has 0 aromatic carbocycles. The first-order chi connectivity index (χ1) is 8.53. The monoisotopic (exact) mass is 252 g/mol. The van der Waals surface area contributed by atoms with Crippen LogP contribution < -0.4 is 0 Å². The lowest BCUT2D eigenvalue weighted by Gasteiger charge is -2.29. The number of carbonyl (C=O) groups is 1. The Labute approximate surface area is 106 Å². The van der Waals surface area contributed by atoms with Crippen molar-refractivity contribution in [1.29, 1.82) is 0 Å². The van der Waals surface area contributed by atoms with Gasteiger partial charge in [0.15, 0.2) is 5.82 Å². The zero-order valence-electron chi connectivity index (χ0n) is 11.0. The Kier molecular flexibility index (Phi) is 3.63. The number of rotatable bonds is 5. The lowest BCUT2D eigenvalue weighted by atomic mass is 9.78. The van der Waals surface area contributed by atoms with Crippen LogP contribution in [0.3, 0.4) is 0 Å². The maximum Gasteiger partial charge on any atom is 0.325 e. The van der Waals surface area contributed by atoms with Crippen LogP contribution in [0, 0.1) is 5.92 Å². The van der Waals surface area contributed by atoms with E-state index in [0.717, 1.165) is 25.1 Å². The Morgan fingerprint density at radius 1 is 1.44 bits per heavy atom. The van der Waals surface area contributed by atoms with E-state index in [1.807, 2.05) is 0 Å². The van der Waals surface area contributed by atoms with Gasteiger partial charge in [0.1, 0.15) is 6.54 Å². The highest BCUT2D eigenvalue weighted by molar-refractivity contribution is 5.66. The van der Waals surface area contributed by atoms with Crippen LogP contribution in [0.2, 0.25) is 0 Å². The molecule has 0 bridgehead atoms. The Morgan fingerprint density at radius 3 is 2.67 bits per heavy atom. The molecule has 0 atom stereocenters. The molecule has 1 aromatic heterocycles. The van der Waals surface area contributed by atoms with Gasteiger partial charge in [-0.2, -0.15) is 0 Å². The number of tetrazole rings is 1. The van der Waals surface area contributed by atoms with Crippen LogP contribution in [0.15, 0.2) is 0 Å². The Bertz CT molecular complexity index is 421. The number of aliphatic carboxylic acids is 1. The molecule has 100 valence electrons. The normalized spacial score (nSPS) is 18.4. The van der Waals surface area contributed by atoms with E-state index in [-0.39, 0.29) is 12.0 Å². The molecule has 6 heteroatoms. The summed E-state index contributed by atoms with van der Waals surface area (Å²) in [6, 6.07) is 0. The number of aromatic nitrogens is 4. The van der Waals surface area contributed by atoms with E-state index in [4.69, 9.17) is 5.11 Å². The SMILES string of the molecule is CC(C)CC1(c2nnnn2CC(=O)O)CCCC1.